The number of anilines is 2. The van der Waals surface area contributed by atoms with Gasteiger partial charge in [-0.1, -0.05) is 0 Å². The number of morpholine rings is 1. The fourth-order valence-corrected chi connectivity index (χ4v) is 3.01. The zero-order chi connectivity index (χ0) is 18.5. The van der Waals surface area contributed by atoms with Gasteiger partial charge in [0, 0.05) is 30.5 Å². The lowest BCUT2D eigenvalue weighted by atomic mass is 10.2. The zero-order valence-electron chi connectivity index (χ0n) is 14.8. The second-order valence-corrected chi connectivity index (χ2v) is 6.35. The van der Waals surface area contributed by atoms with Gasteiger partial charge in [0.2, 0.25) is 0 Å². The predicted molar refractivity (Wildman–Crippen MR) is 99.6 cm³/mol. The number of carbonyl (C=O) groups is 1. The first-order valence-corrected chi connectivity index (χ1v) is 8.52. The number of carbonyl (C=O) groups excluding carboxylic acids is 1. The minimum Gasteiger partial charge on any atom is -0.465 e. The summed E-state index contributed by atoms with van der Waals surface area (Å²) in [5.41, 5.74) is 1.70. The van der Waals surface area contributed by atoms with Crippen molar-refractivity contribution in [1.82, 2.24) is 0 Å². The molecule has 1 fully saturated rings. The molecule has 3 rings (SSSR count). The molecule has 0 unspecified atom stereocenters. The fraction of sp³-hybridized carbons (Fsp3) is 0.300. The number of hydrogen-bond donors (Lipinski definition) is 1. The summed E-state index contributed by atoms with van der Waals surface area (Å²) >= 11 is 0. The molecule has 2 atom stereocenters. The average Bonchev–Trinajstić information content (AvgIpc) is 3.12. The summed E-state index contributed by atoms with van der Waals surface area (Å²) in [5, 5.41) is 11.9. The van der Waals surface area contributed by atoms with Gasteiger partial charge in [-0.2, -0.15) is 5.26 Å². The van der Waals surface area contributed by atoms with Gasteiger partial charge in [0.05, 0.1) is 18.5 Å². The second-order valence-electron chi connectivity index (χ2n) is 6.35. The van der Waals surface area contributed by atoms with Crippen molar-refractivity contribution in [3.63, 3.8) is 0 Å². The highest BCUT2D eigenvalue weighted by Gasteiger charge is 2.22. The summed E-state index contributed by atoms with van der Waals surface area (Å²) in [5.74, 6) is -0.00660. The maximum Gasteiger partial charge on any atom is 0.266 e. The summed E-state index contributed by atoms with van der Waals surface area (Å²) in [7, 11) is 0. The summed E-state index contributed by atoms with van der Waals surface area (Å²) in [4.78, 5) is 14.5. The van der Waals surface area contributed by atoms with E-state index in [1.165, 1.54) is 12.3 Å². The van der Waals surface area contributed by atoms with E-state index in [0.717, 1.165) is 18.8 Å². The molecule has 0 bridgehead atoms. The largest absolute Gasteiger partial charge is 0.465 e. The molecule has 0 radical (unpaired) electrons. The van der Waals surface area contributed by atoms with E-state index in [1.54, 1.807) is 12.1 Å². The van der Waals surface area contributed by atoms with E-state index in [-0.39, 0.29) is 17.8 Å². The standard InChI is InChI=1S/C20H21N3O3/c1-14-12-23(13-15(2)26-14)18-7-5-17(6-8-18)22-20(24)16(11-21)10-19-4-3-9-25-19/h3-10,14-15H,12-13H2,1-2H3,(H,22,24)/b16-10-/t14-,15+. The van der Waals surface area contributed by atoms with E-state index in [0.29, 0.717) is 11.4 Å². The molecule has 2 aromatic rings. The number of ether oxygens (including phenoxy) is 1. The third-order valence-electron chi connectivity index (χ3n) is 4.10. The van der Waals surface area contributed by atoms with Crippen LogP contribution in [0.3, 0.4) is 0 Å². The smallest absolute Gasteiger partial charge is 0.266 e. The Morgan fingerprint density at radius 2 is 1.92 bits per heavy atom. The van der Waals surface area contributed by atoms with Gasteiger partial charge in [0.1, 0.15) is 17.4 Å². The Morgan fingerprint density at radius 1 is 1.23 bits per heavy atom. The topological polar surface area (TPSA) is 78.5 Å². The first-order chi connectivity index (χ1) is 12.5. The van der Waals surface area contributed by atoms with E-state index < -0.39 is 5.91 Å². The van der Waals surface area contributed by atoms with Gasteiger partial charge in [0.25, 0.3) is 5.91 Å². The highest BCUT2D eigenvalue weighted by atomic mass is 16.5. The van der Waals surface area contributed by atoms with Crippen molar-refractivity contribution in [2.45, 2.75) is 26.1 Å². The quantitative estimate of drug-likeness (QED) is 0.674. The number of benzene rings is 1. The first-order valence-electron chi connectivity index (χ1n) is 8.52. The van der Waals surface area contributed by atoms with Gasteiger partial charge in [0.15, 0.2) is 0 Å². The molecular formula is C20H21N3O3. The van der Waals surface area contributed by atoms with Gasteiger partial charge in [-0.05, 0) is 50.2 Å². The predicted octanol–water partition coefficient (Wildman–Crippen LogP) is 3.44. The lowest BCUT2D eigenvalue weighted by molar-refractivity contribution is -0.112. The molecule has 0 aliphatic carbocycles. The van der Waals surface area contributed by atoms with Crippen LogP contribution in [0.15, 0.2) is 52.7 Å². The molecule has 6 nitrogen and oxygen atoms in total. The van der Waals surface area contributed by atoms with Crippen molar-refractivity contribution in [2.24, 2.45) is 0 Å². The van der Waals surface area contributed by atoms with Gasteiger partial charge >= 0.3 is 0 Å². The minimum atomic E-state index is -0.467. The zero-order valence-corrected chi connectivity index (χ0v) is 14.8. The first kappa shape index (κ1) is 17.8. The van der Waals surface area contributed by atoms with Gasteiger partial charge < -0.3 is 19.4 Å². The number of nitrogens with one attached hydrogen (secondary N) is 1. The number of furan rings is 1. The molecule has 134 valence electrons. The Balaban J connectivity index is 1.67. The normalized spacial score (nSPS) is 20.5. The third kappa shape index (κ3) is 4.32. The highest BCUT2D eigenvalue weighted by Crippen LogP contribution is 2.22. The van der Waals surface area contributed by atoms with Gasteiger partial charge in [-0.15, -0.1) is 0 Å². The van der Waals surface area contributed by atoms with E-state index in [9.17, 15) is 10.1 Å². The van der Waals surface area contributed by atoms with Crippen LogP contribution in [0, 0.1) is 11.3 Å². The van der Waals surface area contributed by atoms with Crippen LogP contribution in [0.1, 0.15) is 19.6 Å². The number of hydrogen-bond acceptors (Lipinski definition) is 5. The van der Waals surface area contributed by atoms with Crippen molar-refractivity contribution in [2.75, 3.05) is 23.3 Å². The Labute approximate surface area is 152 Å². The Bertz CT molecular complexity index is 809. The molecule has 1 aliphatic heterocycles. The molecule has 1 saturated heterocycles. The van der Waals surface area contributed by atoms with Crippen LogP contribution in [0.25, 0.3) is 6.08 Å². The summed E-state index contributed by atoms with van der Waals surface area (Å²) in [6.45, 7) is 5.79. The van der Waals surface area contributed by atoms with E-state index >= 15 is 0 Å². The van der Waals surface area contributed by atoms with E-state index in [2.05, 4.69) is 24.1 Å². The number of nitriles is 1. The van der Waals surface area contributed by atoms with Crippen LogP contribution in [0.4, 0.5) is 11.4 Å². The number of nitrogens with zero attached hydrogens (tertiary/aromatic N) is 2. The molecule has 6 heteroatoms. The fourth-order valence-electron chi connectivity index (χ4n) is 3.01. The summed E-state index contributed by atoms with van der Waals surface area (Å²) in [6, 6.07) is 12.9. The van der Waals surface area contributed by atoms with Crippen molar-refractivity contribution < 1.29 is 13.9 Å². The van der Waals surface area contributed by atoms with Gasteiger partial charge in [-0.3, -0.25) is 4.79 Å². The molecule has 2 heterocycles. The average molecular weight is 351 g/mol. The molecule has 26 heavy (non-hydrogen) atoms. The highest BCUT2D eigenvalue weighted by molar-refractivity contribution is 6.09. The van der Waals surface area contributed by atoms with Gasteiger partial charge in [-0.25, -0.2) is 0 Å². The maximum absolute atomic E-state index is 12.3. The molecule has 1 N–H and O–H groups in total. The Kier molecular flexibility index (Phi) is 5.40. The lowest BCUT2D eigenvalue weighted by Gasteiger charge is -2.36. The SMILES string of the molecule is C[C@@H]1CN(c2ccc(NC(=O)/C(C#N)=C\c3ccco3)cc2)C[C@H](C)O1. The molecular weight excluding hydrogens is 330 g/mol. The van der Waals surface area contributed by atoms with Crippen molar-refractivity contribution >= 4 is 23.4 Å². The van der Waals surface area contributed by atoms with Crippen LogP contribution in [0.2, 0.25) is 0 Å². The Morgan fingerprint density at radius 3 is 2.50 bits per heavy atom. The number of amides is 1. The third-order valence-corrected chi connectivity index (χ3v) is 4.10. The van der Waals surface area contributed by atoms with E-state index in [1.807, 2.05) is 30.3 Å². The monoisotopic (exact) mass is 351 g/mol. The van der Waals surface area contributed by atoms with Crippen LogP contribution >= 0.6 is 0 Å². The molecule has 0 spiro atoms. The van der Waals surface area contributed by atoms with E-state index in [4.69, 9.17) is 9.15 Å². The second kappa shape index (κ2) is 7.89. The maximum atomic E-state index is 12.3. The molecule has 0 saturated carbocycles. The van der Waals surface area contributed by atoms with Crippen molar-refractivity contribution in [1.29, 1.82) is 5.26 Å². The molecule has 1 amide bonds. The van der Waals surface area contributed by atoms with Crippen LogP contribution in [-0.4, -0.2) is 31.2 Å². The molecule has 1 aliphatic rings. The van der Waals surface area contributed by atoms with Crippen LogP contribution in [-0.2, 0) is 9.53 Å². The Hall–Kier alpha value is -3.04. The number of rotatable bonds is 4. The molecule has 1 aromatic heterocycles. The summed E-state index contributed by atoms with van der Waals surface area (Å²) in [6.07, 6.45) is 3.27. The molecule has 1 aromatic carbocycles. The van der Waals surface area contributed by atoms with Crippen LogP contribution < -0.4 is 10.2 Å². The van der Waals surface area contributed by atoms with Crippen molar-refractivity contribution in [3.8, 4) is 6.07 Å². The minimum absolute atomic E-state index is 0.0140. The lowest BCUT2D eigenvalue weighted by Crippen LogP contribution is -2.45. The summed E-state index contributed by atoms with van der Waals surface area (Å²) < 4.78 is 10.9. The van der Waals surface area contributed by atoms with Crippen LogP contribution in [0.5, 0.6) is 0 Å². The van der Waals surface area contributed by atoms with Crippen molar-refractivity contribution in [3.05, 3.63) is 54.0 Å².